The molecule has 0 bridgehead atoms. The van der Waals surface area contributed by atoms with Gasteiger partial charge in [0.25, 0.3) is 0 Å². The maximum absolute atomic E-state index is 13.0. The van der Waals surface area contributed by atoms with E-state index in [1.54, 1.807) is 0 Å². The average molecular weight is 396 g/mol. The molecule has 2 heterocycles. The molecule has 1 aromatic rings. The fraction of sp³-hybridized carbons (Fsp3) is 0.600. The van der Waals surface area contributed by atoms with E-state index in [1.807, 2.05) is 41.8 Å². The van der Waals surface area contributed by atoms with Gasteiger partial charge >= 0.3 is 5.97 Å². The molecular weight excluding hydrogens is 366 g/mol. The van der Waals surface area contributed by atoms with Crippen LogP contribution in [0.2, 0.25) is 0 Å². The highest BCUT2D eigenvalue weighted by atomic mass is 35.5. The Balaban J connectivity index is 0.00000261. The summed E-state index contributed by atoms with van der Waals surface area (Å²) >= 11 is 0. The van der Waals surface area contributed by atoms with Crippen molar-refractivity contribution in [3.8, 4) is 0 Å². The van der Waals surface area contributed by atoms with E-state index in [9.17, 15) is 9.59 Å². The Morgan fingerprint density at radius 3 is 2.52 bits per heavy atom. The van der Waals surface area contributed by atoms with Crippen molar-refractivity contribution >= 4 is 30.0 Å². The van der Waals surface area contributed by atoms with Crippen molar-refractivity contribution < 1.29 is 14.7 Å². The number of halogens is 1. The predicted octanol–water partition coefficient (Wildman–Crippen LogP) is 2.26. The van der Waals surface area contributed by atoms with Crippen molar-refractivity contribution in [3.63, 3.8) is 0 Å². The number of carbonyl (C=O) groups excluding carboxylic acids is 1. The first-order chi connectivity index (χ1) is 12.5. The number of piperidine rings is 1. The zero-order valence-corrected chi connectivity index (χ0v) is 17.0. The SMILES string of the molecule is CCN(CC(=O)O)C1CCN(C(C)C(=O)N2CCc3ccccc32)CC1.Cl. The van der Waals surface area contributed by atoms with Crippen LogP contribution < -0.4 is 4.90 Å². The first kappa shape index (κ1) is 21.7. The number of rotatable bonds is 6. The molecule has 1 amide bonds. The van der Waals surface area contributed by atoms with Gasteiger partial charge in [0, 0.05) is 31.4 Å². The first-order valence-corrected chi connectivity index (χ1v) is 9.60. The number of benzene rings is 1. The summed E-state index contributed by atoms with van der Waals surface area (Å²) in [7, 11) is 0. The molecule has 2 aliphatic heterocycles. The fourth-order valence-electron chi connectivity index (χ4n) is 4.26. The number of hydrogen-bond acceptors (Lipinski definition) is 4. The molecular formula is C20H30ClN3O3. The Hall–Kier alpha value is -1.63. The van der Waals surface area contributed by atoms with Gasteiger partial charge in [0.15, 0.2) is 0 Å². The minimum Gasteiger partial charge on any atom is -0.480 e. The lowest BCUT2D eigenvalue weighted by Gasteiger charge is -2.40. The van der Waals surface area contributed by atoms with E-state index >= 15 is 0 Å². The van der Waals surface area contributed by atoms with Crippen LogP contribution in [0, 0.1) is 0 Å². The zero-order chi connectivity index (χ0) is 18.7. The number of carboxylic acids is 1. The monoisotopic (exact) mass is 395 g/mol. The van der Waals surface area contributed by atoms with E-state index in [1.165, 1.54) is 5.56 Å². The summed E-state index contributed by atoms with van der Waals surface area (Å²) in [6.45, 7) is 7.29. The number of carboxylic acid groups (broad SMARTS) is 1. The van der Waals surface area contributed by atoms with Gasteiger partial charge in [-0.25, -0.2) is 0 Å². The maximum atomic E-state index is 13.0. The number of para-hydroxylation sites is 1. The number of hydrogen-bond donors (Lipinski definition) is 1. The predicted molar refractivity (Wildman–Crippen MR) is 109 cm³/mol. The van der Waals surface area contributed by atoms with E-state index in [0.717, 1.165) is 51.1 Å². The van der Waals surface area contributed by atoms with Gasteiger partial charge in [0.2, 0.25) is 5.91 Å². The molecule has 0 aromatic heterocycles. The van der Waals surface area contributed by atoms with Crippen molar-refractivity contribution in [1.82, 2.24) is 9.80 Å². The van der Waals surface area contributed by atoms with Crippen LogP contribution in [-0.2, 0) is 16.0 Å². The number of fused-ring (bicyclic) bond motifs is 1. The molecule has 1 N–H and O–H groups in total. The van der Waals surface area contributed by atoms with E-state index in [4.69, 9.17) is 5.11 Å². The van der Waals surface area contributed by atoms with Crippen LogP contribution in [0.5, 0.6) is 0 Å². The molecule has 6 nitrogen and oxygen atoms in total. The van der Waals surface area contributed by atoms with Gasteiger partial charge in [0.05, 0.1) is 12.6 Å². The minimum absolute atomic E-state index is 0. The third-order valence-corrected chi connectivity index (χ3v) is 5.82. The van der Waals surface area contributed by atoms with E-state index < -0.39 is 5.97 Å². The average Bonchev–Trinajstić information content (AvgIpc) is 3.09. The van der Waals surface area contributed by atoms with Crippen molar-refractivity contribution in [1.29, 1.82) is 0 Å². The van der Waals surface area contributed by atoms with Crippen LogP contribution in [-0.4, -0.2) is 71.6 Å². The number of nitrogens with zero attached hydrogens (tertiary/aromatic N) is 3. The number of carbonyl (C=O) groups is 2. The topological polar surface area (TPSA) is 64.1 Å². The van der Waals surface area contributed by atoms with Crippen molar-refractivity contribution in [2.75, 3.05) is 37.6 Å². The molecule has 0 aliphatic carbocycles. The summed E-state index contributed by atoms with van der Waals surface area (Å²) in [6.07, 6.45) is 2.75. The molecule has 7 heteroatoms. The molecule has 3 rings (SSSR count). The summed E-state index contributed by atoms with van der Waals surface area (Å²) in [6, 6.07) is 8.30. The molecule has 0 saturated carbocycles. The smallest absolute Gasteiger partial charge is 0.317 e. The Morgan fingerprint density at radius 1 is 1.22 bits per heavy atom. The van der Waals surface area contributed by atoms with Crippen LogP contribution in [0.25, 0.3) is 0 Å². The second-order valence-electron chi connectivity index (χ2n) is 7.27. The standard InChI is InChI=1S/C20H29N3O3.ClH/c1-3-21(14-19(24)25)17-9-11-22(12-10-17)15(2)20(26)23-13-8-16-6-4-5-7-18(16)23;/h4-7,15,17H,3,8-14H2,1-2H3,(H,24,25);1H. The van der Waals surface area contributed by atoms with Crippen molar-refractivity contribution in [3.05, 3.63) is 29.8 Å². The molecule has 1 unspecified atom stereocenters. The summed E-state index contributed by atoms with van der Waals surface area (Å²) in [5.74, 6) is -0.600. The lowest BCUT2D eigenvalue weighted by molar-refractivity contribution is -0.139. The first-order valence-electron chi connectivity index (χ1n) is 9.60. The summed E-state index contributed by atoms with van der Waals surface area (Å²) in [5, 5.41) is 9.06. The van der Waals surface area contributed by atoms with Crippen LogP contribution in [0.4, 0.5) is 5.69 Å². The van der Waals surface area contributed by atoms with Crippen molar-refractivity contribution in [2.45, 2.75) is 45.2 Å². The Bertz CT molecular complexity index is 662. The highest BCUT2D eigenvalue weighted by Gasteiger charge is 2.33. The van der Waals surface area contributed by atoms with E-state index in [-0.39, 0.29) is 30.9 Å². The quantitative estimate of drug-likeness (QED) is 0.800. The lowest BCUT2D eigenvalue weighted by atomic mass is 10.0. The van der Waals surface area contributed by atoms with Gasteiger partial charge in [-0.3, -0.25) is 19.4 Å². The number of amides is 1. The molecule has 1 aromatic carbocycles. The van der Waals surface area contributed by atoms with Crippen LogP contribution in [0.1, 0.15) is 32.3 Å². The molecule has 0 spiro atoms. The highest BCUT2D eigenvalue weighted by molar-refractivity contribution is 5.98. The number of aliphatic carboxylic acids is 1. The van der Waals surface area contributed by atoms with Gasteiger partial charge in [-0.2, -0.15) is 0 Å². The normalized spacial score (nSPS) is 18.9. The Kier molecular flexibility index (Phi) is 7.65. The largest absolute Gasteiger partial charge is 0.480 e. The molecule has 1 atom stereocenters. The van der Waals surface area contributed by atoms with Crippen LogP contribution in [0.3, 0.4) is 0 Å². The second kappa shape index (κ2) is 9.53. The number of anilines is 1. The lowest BCUT2D eigenvalue weighted by Crippen LogP contribution is -2.53. The third kappa shape index (κ3) is 4.81. The summed E-state index contributed by atoms with van der Waals surface area (Å²) < 4.78 is 0. The van der Waals surface area contributed by atoms with Gasteiger partial charge in [-0.05, 0) is 44.4 Å². The third-order valence-electron chi connectivity index (χ3n) is 5.82. The van der Waals surface area contributed by atoms with Crippen LogP contribution >= 0.6 is 12.4 Å². The molecule has 1 fully saturated rings. The van der Waals surface area contributed by atoms with Gasteiger partial charge in [0.1, 0.15) is 0 Å². The summed E-state index contributed by atoms with van der Waals surface area (Å²) in [4.78, 5) is 30.2. The van der Waals surface area contributed by atoms with E-state index in [2.05, 4.69) is 11.0 Å². The number of likely N-dealkylation sites (tertiary alicyclic amines) is 1. The second-order valence-corrected chi connectivity index (χ2v) is 7.27. The zero-order valence-electron chi connectivity index (χ0n) is 16.1. The van der Waals surface area contributed by atoms with E-state index in [0.29, 0.717) is 6.04 Å². The number of likely N-dealkylation sites (N-methyl/N-ethyl adjacent to an activating group) is 1. The molecule has 1 saturated heterocycles. The van der Waals surface area contributed by atoms with Crippen molar-refractivity contribution in [2.24, 2.45) is 0 Å². The maximum Gasteiger partial charge on any atom is 0.317 e. The highest BCUT2D eigenvalue weighted by Crippen LogP contribution is 2.29. The molecule has 150 valence electrons. The molecule has 0 radical (unpaired) electrons. The Labute approximate surface area is 167 Å². The minimum atomic E-state index is -0.773. The van der Waals surface area contributed by atoms with Gasteiger partial charge in [-0.15, -0.1) is 12.4 Å². The Morgan fingerprint density at radius 2 is 1.89 bits per heavy atom. The fourth-order valence-corrected chi connectivity index (χ4v) is 4.26. The summed E-state index contributed by atoms with van der Waals surface area (Å²) in [5.41, 5.74) is 2.30. The molecule has 2 aliphatic rings. The van der Waals surface area contributed by atoms with Gasteiger partial charge in [-0.1, -0.05) is 25.1 Å². The molecule has 27 heavy (non-hydrogen) atoms. The van der Waals surface area contributed by atoms with Gasteiger partial charge < -0.3 is 10.0 Å². The van der Waals surface area contributed by atoms with Crippen LogP contribution in [0.15, 0.2) is 24.3 Å².